The molecule has 0 spiro atoms. The molecule has 1 unspecified atom stereocenters. The number of hydrogen-bond acceptors (Lipinski definition) is 3. The fourth-order valence-electron chi connectivity index (χ4n) is 2.91. The van der Waals surface area contributed by atoms with Crippen molar-refractivity contribution in [3.05, 3.63) is 48.6 Å². The SMILES string of the molecule is C=C1/C=C\C=C/C(=C)CN(CC(O)CN2CCCCC2=O)C1. The normalized spacial score (nSPS) is 25.3. The maximum absolute atomic E-state index is 11.8. The van der Waals surface area contributed by atoms with Gasteiger partial charge in [0.25, 0.3) is 0 Å². The molecule has 2 aliphatic rings. The number of β-amino-alcohol motifs (C(OH)–C–C–N with tert-alkyl or cyclic N) is 1. The second kappa shape index (κ2) is 8.11. The minimum atomic E-state index is -0.545. The third-order valence-corrected chi connectivity index (χ3v) is 3.95. The molecule has 1 fully saturated rings. The van der Waals surface area contributed by atoms with Crippen LogP contribution in [0.2, 0.25) is 0 Å². The molecule has 4 nitrogen and oxygen atoms in total. The van der Waals surface area contributed by atoms with E-state index in [-0.39, 0.29) is 5.91 Å². The van der Waals surface area contributed by atoms with Crippen LogP contribution in [0.5, 0.6) is 0 Å². The number of nitrogens with zero attached hydrogens (tertiary/aromatic N) is 2. The van der Waals surface area contributed by atoms with Crippen molar-refractivity contribution in [1.29, 1.82) is 0 Å². The van der Waals surface area contributed by atoms with Crippen molar-refractivity contribution >= 4 is 5.91 Å². The molecule has 1 atom stereocenters. The summed E-state index contributed by atoms with van der Waals surface area (Å²) in [4.78, 5) is 15.7. The Morgan fingerprint density at radius 1 is 1.09 bits per heavy atom. The zero-order valence-corrected chi connectivity index (χ0v) is 13.2. The molecule has 22 heavy (non-hydrogen) atoms. The number of allylic oxidation sites excluding steroid dienone is 2. The third kappa shape index (κ3) is 5.28. The predicted octanol–water partition coefficient (Wildman–Crippen LogP) is 1.90. The highest BCUT2D eigenvalue weighted by Crippen LogP contribution is 2.12. The van der Waals surface area contributed by atoms with Crippen LogP contribution in [-0.2, 0) is 4.79 Å². The predicted molar refractivity (Wildman–Crippen MR) is 89.4 cm³/mol. The van der Waals surface area contributed by atoms with Gasteiger partial charge in [-0.05, 0) is 24.0 Å². The molecule has 0 aromatic heterocycles. The lowest BCUT2D eigenvalue weighted by Gasteiger charge is -2.31. The van der Waals surface area contributed by atoms with E-state index < -0.39 is 6.10 Å². The van der Waals surface area contributed by atoms with Gasteiger partial charge in [-0.2, -0.15) is 0 Å². The van der Waals surface area contributed by atoms with E-state index in [2.05, 4.69) is 18.1 Å². The molecular formula is C18H26N2O2. The minimum Gasteiger partial charge on any atom is -0.390 e. The van der Waals surface area contributed by atoms with Crippen LogP contribution in [0.25, 0.3) is 0 Å². The topological polar surface area (TPSA) is 43.8 Å². The summed E-state index contributed by atoms with van der Waals surface area (Å²) in [5.41, 5.74) is 2.00. The van der Waals surface area contributed by atoms with Crippen LogP contribution in [0.4, 0.5) is 0 Å². The van der Waals surface area contributed by atoms with E-state index in [4.69, 9.17) is 0 Å². The van der Waals surface area contributed by atoms with Crippen LogP contribution in [-0.4, -0.2) is 59.6 Å². The van der Waals surface area contributed by atoms with Crippen LogP contribution >= 0.6 is 0 Å². The summed E-state index contributed by atoms with van der Waals surface area (Å²) >= 11 is 0. The Bertz CT molecular complexity index is 467. The average molecular weight is 302 g/mol. The van der Waals surface area contributed by atoms with Gasteiger partial charge < -0.3 is 10.0 Å². The Morgan fingerprint density at radius 2 is 1.73 bits per heavy atom. The van der Waals surface area contributed by atoms with Gasteiger partial charge in [-0.1, -0.05) is 37.5 Å². The summed E-state index contributed by atoms with van der Waals surface area (Å²) in [6.07, 6.45) is 9.93. The first-order valence-corrected chi connectivity index (χ1v) is 7.93. The second-order valence-electron chi connectivity index (χ2n) is 6.16. The number of rotatable bonds is 4. The Morgan fingerprint density at radius 3 is 2.32 bits per heavy atom. The van der Waals surface area contributed by atoms with E-state index in [1.807, 2.05) is 24.3 Å². The quantitative estimate of drug-likeness (QED) is 0.862. The Kier molecular flexibility index (Phi) is 6.16. The number of piperidine rings is 1. The van der Waals surface area contributed by atoms with Crippen LogP contribution in [0.1, 0.15) is 19.3 Å². The molecule has 0 saturated carbocycles. The van der Waals surface area contributed by atoms with Crippen LogP contribution in [0, 0.1) is 0 Å². The van der Waals surface area contributed by atoms with Gasteiger partial charge in [0.15, 0.2) is 0 Å². The smallest absolute Gasteiger partial charge is 0.222 e. The number of aliphatic hydroxyl groups is 1. The van der Waals surface area contributed by atoms with E-state index in [9.17, 15) is 9.90 Å². The monoisotopic (exact) mass is 302 g/mol. The molecule has 2 aliphatic heterocycles. The fourth-order valence-corrected chi connectivity index (χ4v) is 2.91. The summed E-state index contributed by atoms with van der Waals surface area (Å²) in [5.74, 6) is 0.162. The fraction of sp³-hybridized carbons (Fsp3) is 0.500. The number of carbonyl (C=O) groups is 1. The summed E-state index contributed by atoms with van der Waals surface area (Å²) in [6.45, 7) is 11.2. The van der Waals surface area contributed by atoms with Crippen molar-refractivity contribution in [2.24, 2.45) is 0 Å². The lowest BCUT2D eigenvalue weighted by atomic mass is 10.1. The molecular weight excluding hydrogens is 276 g/mol. The first-order valence-electron chi connectivity index (χ1n) is 7.93. The molecule has 120 valence electrons. The lowest BCUT2D eigenvalue weighted by Crippen LogP contribution is -2.45. The maximum atomic E-state index is 11.8. The standard InChI is InChI=1S/C18H26N2O2/c1-15-7-3-4-8-16(2)12-19(11-15)13-17(21)14-20-10-6-5-9-18(20)22/h3-4,7-8,17,21H,1-2,5-6,9-14H2/b7-3-,8-4-. The van der Waals surface area contributed by atoms with Crippen molar-refractivity contribution < 1.29 is 9.90 Å². The Balaban J connectivity index is 1.90. The Hall–Kier alpha value is -1.65. The summed E-state index contributed by atoms with van der Waals surface area (Å²) < 4.78 is 0. The van der Waals surface area contributed by atoms with Gasteiger partial charge in [0.2, 0.25) is 5.91 Å². The molecule has 1 amide bonds. The number of likely N-dealkylation sites (tertiary alicyclic amines) is 1. The molecule has 0 aromatic rings. The molecule has 1 N–H and O–H groups in total. The van der Waals surface area contributed by atoms with Gasteiger partial charge >= 0.3 is 0 Å². The average Bonchev–Trinajstić information content (AvgIpc) is 2.52. The molecule has 0 radical (unpaired) electrons. The van der Waals surface area contributed by atoms with Gasteiger partial charge in [-0.3, -0.25) is 9.69 Å². The summed E-state index contributed by atoms with van der Waals surface area (Å²) in [7, 11) is 0. The summed E-state index contributed by atoms with van der Waals surface area (Å²) in [6, 6.07) is 0. The molecule has 0 aromatic carbocycles. The van der Waals surface area contributed by atoms with E-state index in [1.165, 1.54) is 0 Å². The van der Waals surface area contributed by atoms with Gasteiger partial charge in [0.1, 0.15) is 0 Å². The van der Waals surface area contributed by atoms with E-state index >= 15 is 0 Å². The van der Waals surface area contributed by atoms with Crippen LogP contribution in [0.3, 0.4) is 0 Å². The number of hydrogen-bond donors (Lipinski definition) is 1. The number of aliphatic hydroxyl groups excluding tert-OH is 1. The Labute approximate surface area is 133 Å². The first-order chi connectivity index (χ1) is 10.5. The van der Waals surface area contributed by atoms with E-state index in [0.717, 1.165) is 30.5 Å². The maximum Gasteiger partial charge on any atom is 0.222 e. The second-order valence-corrected chi connectivity index (χ2v) is 6.16. The van der Waals surface area contributed by atoms with Crippen molar-refractivity contribution in [2.45, 2.75) is 25.4 Å². The molecule has 2 rings (SSSR count). The minimum absolute atomic E-state index is 0.162. The molecule has 0 aliphatic carbocycles. The largest absolute Gasteiger partial charge is 0.390 e. The lowest BCUT2D eigenvalue weighted by molar-refractivity contribution is -0.134. The van der Waals surface area contributed by atoms with E-state index in [0.29, 0.717) is 32.6 Å². The van der Waals surface area contributed by atoms with Gasteiger partial charge in [0, 0.05) is 39.1 Å². The zero-order chi connectivity index (χ0) is 15.9. The highest BCUT2D eigenvalue weighted by molar-refractivity contribution is 5.76. The van der Waals surface area contributed by atoms with Crippen molar-refractivity contribution in [3.8, 4) is 0 Å². The van der Waals surface area contributed by atoms with Crippen molar-refractivity contribution in [1.82, 2.24) is 9.80 Å². The van der Waals surface area contributed by atoms with Gasteiger partial charge in [0.05, 0.1) is 6.10 Å². The highest BCUT2D eigenvalue weighted by atomic mass is 16.3. The summed E-state index contributed by atoms with van der Waals surface area (Å²) in [5, 5.41) is 10.3. The van der Waals surface area contributed by atoms with Crippen LogP contribution < -0.4 is 0 Å². The van der Waals surface area contributed by atoms with Crippen molar-refractivity contribution in [2.75, 3.05) is 32.7 Å². The van der Waals surface area contributed by atoms with E-state index in [1.54, 1.807) is 4.90 Å². The third-order valence-electron chi connectivity index (χ3n) is 3.95. The van der Waals surface area contributed by atoms with Gasteiger partial charge in [-0.15, -0.1) is 0 Å². The first kappa shape index (κ1) is 16.7. The van der Waals surface area contributed by atoms with Crippen molar-refractivity contribution in [3.63, 3.8) is 0 Å². The molecule has 0 bridgehead atoms. The van der Waals surface area contributed by atoms with Crippen LogP contribution in [0.15, 0.2) is 48.6 Å². The molecule has 4 heteroatoms. The number of carbonyl (C=O) groups excluding carboxylic acids is 1. The number of amides is 1. The van der Waals surface area contributed by atoms with Gasteiger partial charge in [-0.25, -0.2) is 0 Å². The molecule has 2 heterocycles. The molecule has 1 saturated heterocycles. The zero-order valence-electron chi connectivity index (χ0n) is 13.2. The highest BCUT2D eigenvalue weighted by Gasteiger charge is 2.22.